The molecule has 9 aromatic rings. The van der Waals surface area contributed by atoms with Crippen LogP contribution in [0.1, 0.15) is 22.3 Å². The molecule has 54 heavy (non-hydrogen) atoms. The minimum Gasteiger partial charge on any atom is -0.256 e. The normalized spacial score (nSPS) is 10.7. The zero-order valence-electron chi connectivity index (χ0n) is 29.4. The van der Waals surface area contributed by atoms with Gasteiger partial charge in [0.1, 0.15) is 0 Å². The molecule has 0 atom stereocenters. The summed E-state index contributed by atoms with van der Waals surface area (Å²) < 4.78 is 0. The van der Waals surface area contributed by atoms with Gasteiger partial charge in [0.25, 0.3) is 0 Å². The van der Waals surface area contributed by atoms with Crippen LogP contribution in [-0.2, 0) is 0 Å². The molecule has 0 fully saturated rings. The van der Waals surface area contributed by atoms with Crippen molar-refractivity contribution >= 4 is 21.5 Å². The molecular weight excluding hydrogens is 653 g/mol. The van der Waals surface area contributed by atoms with Gasteiger partial charge in [-0.3, -0.25) is 9.97 Å². The van der Waals surface area contributed by atoms with Gasteiger partial charge in [-0.15, -0.1) is 0 Å². The number of pyridine rings is 2. The number of fused-ring (bicyclic) bond motifs is 2. The molecule has 0 saturated heterocycles. The Bertz CT molecular complexity index is 2750. The van der Waals surface area contributed by atoms with E-state index in [-0.39, 0.29) is 0 Å². The molecule has 7 aromatic carbocycles. The van der Waals surface area contributed by atoms with E-state index in [1.54, 1.807) is 0 Å². The van der Waals surface area contributed by atoms with E-state index in [1.807, 2.05) is 73.1 Å². The maximum absolute atomic E-state index is 4.53. The summed E-state index contributed by atoms with van der Waals surface area (Å²) in [4.78, 5) is 9.06. The molecule has 0 aliphatic carbocycles. The molecule has 0 saturated carbocycles. The maximum Gasteiger partial charge on any atom is 0.0702 e. The first-order valence-corrected chi connectivity index (χ1v) is 18.0. The third-order valence-electron chi connectivity index (χ3n) is 9.59. The van der Waals surface area contributed by atoms with Crippen LogP contribution in [0.3, 0.4) is 0 Å². The summed E-state index contributed by atoms with van der Waals surface area (Å²) in [6.45, 7) is 0. The van der Waals surface area contributed by atoms with Crippen molar-refractivity contribution in [1.82, 2.24) is 9.97 Å². The Morgan fingerprint density at radius 3 is 1.09 bits per heavy atom. The van der Waals surface area contributed by atoms with Gasteiger partial charge in [-0.25, -0.2) is 0 Å². The average molecular weight is 685 g/mol. The van der Waals surface area contributed by atoms with E-state index in [0.29, 0.717) is 0 Å². The van der Waals surface area contributed by atoms with Crippen molar-refractivity contribution in [1.29, 1.82) is 0 Å². The van der Waals surface area contributed by atoms with Crippen molar-refractivity contribution in [3.8, 4) is 68.5 Å². The minimum atomic E-state index is 0.932. The van der Waals surface area contributed by atoms with Gasteiger partial charge in [-0.2, -0.15) is 0 Å². The van der Waals surface area contributed by atoms with Crippen molar-refractivity contribution in [2.24, 2.45) is 0 Å². The lowest BCUT2D eigenvalue weighted by atomic mass is 9.85. The summed E-state index contributed by atoms with van der Waals surface area (Å²) in [7, 11) is 0. The van der Waals surface area contributed by atoms with Gasteiger partial charge < -0.3 is 0 Å². The van der Waals surface area contributed by atoms with Crippen LogP contribution in [0.25, 0.3) is 66.3 Å². The van der Waals surface area contributed by atoms with E-state index in [9.17, 15) is 0 Å². The first-order chi connectivity index (χ1) is 26.8. The molecule has 2 heteroatoms. The fraction of sp³-hybridized carbons (Fsp3) is 0. The van der Waals surface area contributed by atoms with Crippen LogP contribution in [0.5, 0.6) is 0 Å². The van der Waals surface area contributed by atoms with Gasteiger partial charge >= 0.3 is 0 Å². The molecular formula is C52H32N2. The fourth-order valence-electron chi connectivity index (χ4n) is 7.08. The second kappa shape index (κ2) is 14.6. The van der Waals surface area contributed by atoms with Gasteiger partial charge in [-0.1, -0.05) is 133 Å². The molecule has 0 radical (unpaired) electrons. The Morgan fingerprint density at radius 2 is 0.667 bits per heavy atom. The summed E-state index contributed by atoms with van der Waals surface area (Å²) in [5.41, 5.74) is 12.4. The minimum absolute atomic E-state index is 0.932. The van der Waals surface area contributed by atoms with Crippen molar-refractivity contribution in [3.63, 3.8) is 0 Å². The molecule has 0 spiro atoms. The van der Waals surface area contributed by atoms with E-state index >= 15 is 0 Å². The highest BCUT2D eigenvalue weighted by Gasteiger charge is 2.17. The SMILES string of the molecule is C(#Cc1ccc2c(-c3ccccc3)c3ccc(C#Cc4cccc(-c5ccccn5)c4)cc3c(-c3ccccc3)c2c1)c1cccc(-c2ccccn2)c1. The Labute approximate surface area is 315 Å². The summed E-state index contributed by atoms with van der Waals surface area (Å²) in [5.74, 6) is 13.8. The summed E-state index contributed by atoms with van der Waals surface area (Å²) in [6.07, 6.45) is 3.64. The Morgan fingerprint density at radius 1 is 0.278 bits per heavy atom. The standard InChI is InChI=1S/C52H32N2/c1-3-15-41(16-4-1)51-45-29-27-39(25-23-37-13-11-19-43(33-37)49-21-7-9-31-53-49)35-47(45)52(42-17-5-2-6-18-42)48-36-40(28-30-46(48)51)26-24-38-14-12-20-44(34-38)50-22-8-10-32-54-50/h1-22,27-36H. The van der Waals surface area contributed by atoms with Crippen molar-refractivity contribution in [3.05, 3.63) is 217 Å². The fourth-order valence-corrected chi connectivity index (χ4v) is 7.08. The van der Waals surface area contributed by atoms with Crippen LogP contribution in [0.15, 0.2) is 194 Å². The number of nitrogens with zero attached hydrogens (tertiary/aromatic N) is 2. The van der Waals surface area contributed by atoms with Crippen LogP contribution in [0.2, 0.25) is 0 Å². The number of hydrogen-bond donors (Lipinski definition) is 0. The monoisotopic (exact) mass is 684 g/mol. The van der Waals surface area contributed by atoms with Gasteiger partial charge in [0, 0.05) is 45.8 Å². The highest BCUT2D eigenvalue weighted by Crippen LogP contribution is 2.44. The van der Waals surface area contributed by atoms with Gasteiger partial charge in [0.2, 0.25) is 0 Å². The molecule has 0 N–H and O–H groups in total. The molecule has 2 heterocycles. The first-order valence-electron chi connectivity index (χ1n) is 18.0. The zero-order valence-corrected chi connectivity index (χ0v) is 29.4. The third kappa shape index (κ3) is 6.65. The van der Waals surface area contributed by atoms with Gasteiger partial charge in [-0.05, 0) is 117 Å². The van der Waals surface area contributed by atoms with Crippen LogP contribution in [0, 0.1) is 23.7 Å². The summed E-state index contributed by atoms with van der Waals surface area (Å²) in [5, 5.41) is 4.66. The molecule has 0 aliphatic heterocycles. The number of rotatable bonds is 4. The van der Waals surface area contributed by atoms with Crippen molar-refractivity contribution < 1.29 is 0 Å². The maximum atomic E-state index is 4.53. The van der Waals surface area contributed by atoms with E-state index in [1.165, 1.54) is 27.5 Å². The van der Waals surface area contributed by atoms with Crippen LogP contribution < -0.4 is 0 Å². The van der Waals surface area contributed by atoms with Crippen molar-refractivity contribution in [2.45, 2.75) is 0 Å². The predicted octanol–water partition coefficient (Wildman–Crippen LogP) is 12.3. The lowest BCUT2D eigenvalue weighted by molar-refractivity contribution is 1.32. The quantitative estimate of drug-likeness (QED) is 0.136. The number of benzene rings is 7. The summed E-state index contributed by atoms with van der Waals surface area (Å²) >= 11 is 0. The topological polar surface area (TPSA) is 25.8 Å². The number of hydrogen-bond acceptors (Lipinski definition) is 2. The molecule has 0 amide bonds. The van der Waals surface area contributed by atoms with E-state index in [2.05, 4.69) is 155 Å². The van der Waals surface area contributed by atoms with Crippen LogP contribution >= 0.6 is 0 Å². The molecule has 0 bridgehead atoms. The van der Waals surface area contributed by atoms with Gasteiger partial charge in [0.05, 0.1) is 11.4 Å². The highest BCUT2D eigenvalue weighted by molar-refractivity contribution is 6.21. The predicted molar refractivity (Wildman–Crippen MR) is 224 cm³/mol. The Balaban J connectivity index is 1.22. The second-order valence-corrected chi connectivity index (χ2v) is 13.1. The van der Waals surface area contributed by atoms with E-state index < -0.39 is 0 Å². The average Bonchev–Trinajstić information content (AvgIpc) is 3.25. The van der Waals surface area contributed by atoms with E-state index in [0.717, 1.165) is 61.1 Å². The summed E-state index contributed by atoms with van der Waals surface area (Å²) in [6, 6.07) is 63.0. The largest absolute Gasteiger partial charge is 0.256 e. The zero-order chi connectivity index (χ0) is 36.1. The second-order valence-electron chi connectivity index (χ2n) is 13.1. The lowest BCUT2D eigenvalue weighted by Crippen LogP contribution is -1.92. The lowest BCUT2D eigenvalue weighted by Gasteiger charge is -2.18. The molecule has 9 rings (SSSR count). The molecule has 0 aliphatic rings. The molecule has 250 valence electrons. The highest BCUT2D eigenvalue weighted by atomic mass is 14.7. The Hall–Kier alpha value is -7.52. The van der Waals surface area contributed by atoms with E-state index in [4.69, 9.17) is 0 Å². The van der Waals surface area contributed by atoms with Crippen molar-refractivity contribution in [2.75, 3.05) is 0 Å². The third-order valence-corrected chi connectivity index (χ3v) is 9.59. The van der Waals surface area contributed by atoms with Crippen LogP contribution in [-0.4, -0.2) is 9.97 Å². The molecule has 2 aromatic heterocycles. The number of aromatic nitrogens is 2. The first kappa shape index (κ1) is 32.4. The molecule has 0 unspecified atom stereocenters. The van der Waals surface area contributed by atoms with Gasteiger partial charge in [0.15, 0.2) is 0 Å². The smallest absolute Gasteiger partial charge is 0.0702 e. The van der Waals surface area contributed by atoms with Crippen LogP contribution in [0.4, 0.5) is 0 Å². The Kier molecular flexibility index (Phi) is 8.76. The molecule has 2 nitrogen and oxygen atoms in total.